The molecule has 2 rings (SSSR count). The van der Waals surface area contributed by atoms with Crippen LogP contribution in [0, 0.1) is 12.7 Å². The third kappa shape index (κ3) is 6.52. The summed E-state index contributed by atoms with van der Waals surface area (Å²) in [5.41, 5.74) is 1.68. The summed E-state index contributed by atoms with van der Waals surface area (Å²) in [4.78, 5) is 24.7. The highest BCUT2D eigenvalue weighted by Gasteiger charge is 2.17. The Morgan fingerprint density at radius 1 is 1.15 bits per heavy atom. The van der Waals surface area contributed by atoms with Crippen LogP contribution in [-0.4, -0.2) is 30.3 Å². The average molecular weight is 375 g/mol. The normalized spacial score (nSPS) is 11.7. The maximum atomic E-state index is 13.5. The largest absolute Gasteiger partial charge is 0.455 e. The highest BCUT2D eigenvalue weighted by atomic mass is 32.2. The number of ether oxygens (including phenoxy) is 1. The van der Waals surface area contributed by atoms with Crippen LogP contribution in [0.4, 0.5) is 4.39 Å². The van der Waals surface area contributed by atoms with Gasteiger partial charge in [0.1, 0.15) is 11.1 Å². The van der Waals surface area contributed by atoms with Crippen molar-refractivity contribution in [3.63, 3.8) is 0 Å². The van der Waals surface area contributed by atoms with Crippen LogP contribution in [0.1, 0.15) is 18.1 Å². The molecule has 2 aromatic carbocycles. The van der Waals surface area contributed by atoms with Crippen molar-refractivity contribution < 1.29 is 18.7 Å². The Bertz CT molecular complexity index is 749. The molecular formula is C20H22FNO3S. The van der Waals surface area contributed by atoms with E-state index in [4.69, 9.17) is 4.74 Å². The van der Waals surface area contributed by atoms with Gasteiger partial charge in [0.25, 0.3) is 5.91 Å². The third-order valence-corrected chi connectivity index (χ3v) is 4.78. The molecule has 6 heteroatoms. The maximum Gasteiger partial charge on any atom is 0.319 e. The number of nitrogens with one attached hydrogen (secondary N) is 1. The molecule has 0 spiro atoms. The van der Waals surface area contributed by atoms with E-state index >= 15 is 0 Å². The molecule has 0 bridgehead atoms. The lowest BCUT2D eigenvalue weighted by Crippen LogP contribution is -2.31. The molecule has 0 aromatic heterocycles. The first-order valence-corrected chi connectivity index (χ1v) is 9.23. The standard InChI is InChI=1S/C20H22FNO3S/c1-14-7-9-17(10-8-14)26-15(2)20(24)25-13-19(23)22-12-11-16-5-3-4-6-18(16)21/h3-10,15H,11-13H2,1-2H3,(H,22,23)/t15-/m0/s1. The Morgan fingerprint density at radius 2 is 1.85 bits per heavy atom. The summed E-state index contributed by atoms with van der Waals surface area (Å²) in [5.74, 6) is -1.14. The van der Waals surface area contributed by atoms with Gasteiger partial charge in [-0.15, -0.1) is 11.8 Å². The summed E-state index contributed by atoms with van der Waals surface area (Å²) < 4.78 is 18.5. The van der Waals surface area contributed by atoms with Gasteiger partial charge in [-0.05, 0) is 44.0 Å². The second-order valence-corrected chi connectivity index (χ2v) is 7.29. The van der Waals surface area contributed by atoms with Crippen molar-refractivity contribution in [2.24, 2.45) is 0 Å². The molecule has 0 saturated carbocycles. The average Bonchev–Trinajstić information content (AvgIpc) is 2.63. The molecule has 0 saturated heterocycles. The fourth-order valence-corrected chi connectivity index (χ4v) is 3.08. The van der Waals surface area contributed by atoms with Crippen LogP contribution in [0.5, 0.6) is 0 Å². The number of hydrogen-bond donors (Lipinski definition) is 1. The second-order valence-electron chi connectivity index (χ2n) is 5.87. The van der Waals surface area contributed by atoms with Gasteiger partial charge >= 0.3 is 5.97 Å². The van der Waals surface area contributed by atoms with Crippen LogP contribution in [0.2, 0.25) is 0 Å². The van der Waals surface area contributed by atoms with Gasteiger partial charge in [0.2, 0.25) is 0 Å². The van der Waals surface area contributed by atoms with Gasteiger partial charge in [-0.2, -0.15) is 0 Å². The molecule has 2 aromatic rings. The molecule has 1 N–H and O–H groups in total. The molecule has 0 fully saturated rings. The molecule has 0 unspecified atom stereocenters. The number of rotatable bonds is 8. The Hall–Kier alpha value is -2.34. The lowest BCUT2D eigenvalue weighted by Gasteiger charge is -2.11. The van der Waals surface area contributed by atoms with Gasteiger partial charge in [-0.1, -0.05) is 35.9 Å². The Balaban J connectivity index is 1.68. The van der Waals surface area contributed by atoms with Crippen LogP contribution in [-0.2, 0) is 20.7 Å². The first-order chi connectivity index (χ1) is 12.5. The number of thioether (sulfide) groups is 1. The number of esters is 1. The van der Waals surface area contributed by atoms with Crippen LogP contribution < -0.4 is 5.32 Å². The van der Waals surface area contributed by atoms with E-state index in [1.54, 1.807) is 25.1 Å². The van der Waals surface area contributed by atoms with Crippen molar-refractivity contribution in [2.45, 2.75) is 30.4 Å². The molecule has 26 heavy (non-hydrogen) atoms. The zero-order valence-corrected chi connectivity index (χ0v) is 15.6. The second kappa shape index (κ2) is 9.97. The van der Waals surface area contributed by atoms with E-state index in [0.29, 0.717) is 12.0 Å². The minimum Gasteiger partial charge on any atom is -0.455 e. The van der Waals surface area contributed by atoms with Crippen molar-refractivity contribution in [2.75, 3.05) is 13.2 Å². The van der Waals surface area contributed by atoms with E-state index in [1.807, 2.05) is 31.2 Å². The zero-order valence-electron chi connectivity index (χ0n) is 14.8. The molecule has 138 valence electrons. The fraction of sp³-hybridized carbons (Fsp3) is 0.300. The van der Waals surface area contributed by atoms with Gasteiger partial charge in [0, 0.05) is 11.4 Å². The van der Waals surface area contributed by atoms with Crippen LogP contribution in [0.3, 0.4) is 0 Å². The highest BCUT2D eigenvalue weighted by Crippen LogP contribution is 2.24. The van der Waals surface area contributed by atoms with Gasteiger partial charge < -0.3 is 10.1 Å². The number of hydrogen-bond acceptors (Lipinski definition) is 4. The molecular weight excluding hydrogens is 353 g/mol. The summed E-state index contributed by atoms with van der Waals surface area (Å²) in [5, 5.41) is 2.21. The Labute approximate surface area is 157 Å². The fourth-order valence-electron chi connectivity index (χ4n) is 2.21. The molecule has 1 atom stereocenters. The predicted octanol–water partition coefficient (Wildman–Crippen LogP) is 3.52. The van der Waals surface area contributed by atoms with Crippen molar-refractivity contribution in [3.05, 3.63) is 65.5 Å². The van der Waals surface area contributed by atoms with Gasteiger partial charge in [0.15, 0.2) is 6.61 Å². The first-order valence-electron chi connectivity index (χ1n) is 8.36. The minimum absolute atomic E-state index is 0.283. The molecule has 0 aliphatic carbocycles. The van der Waals surface area contributed by atoms with Crippen molar-refractivity contribution in [1.82, 2.24) is 5.32 Å². The molecule has 0 heterocycles. The van der Waals surface area contributed by atoms with Gasteiger partial charge in [-0.3, -0.25) is 9.59 Å². The van der Waals surface area contributed by atoms with E-state index in [9.17, 15) is 14.0 Å². The van der Waals surface area contributed by atoms with Gasteiger partial charge in [0.05, 0.1) is 0 Å². The molecule has 1 amide bonds. The lowest BCUT2D eigenvalue weighted by molar-refractivity contribution is -0.147. The summed E-state index contributed by atoms with van der Waals surface area (Å²) in [6.07, 6.45) is 0.381. The van der Waals surface area contributed by atoms with E-state index < -0.39 is 17.1 Å². The zero-order chi connectivity index (χ0) is 18.9. The van der Waals surface area contributed by atoms with Crippen molar-refractivity contribution in [3.8, 4) is 0 Å². The van der Waals surface area contributed by atoms with Crippen molar-refractivity contribution in [1.29, 1.82) is 0 Å². The summed E-state index contributed by atoms with van der Waals surface area (Å²) in [6, 6.07) is 14.3. The molecule has 4 nitrogen and oxygen atoms in total. The van der Waals surface area contributed by atoms with E-state index in [2.05, 4.69) is 5.32 Å². The first kappa shape index (κ1) is 20.0. The quantitative estimate of drug-likeness (QED) is 0.567. The van der Waals surface area contributed by atoms with Gasteiger partial charge in [-0.25, -0.2) is 4.39 Å². The van der Waals surface area contributed by atoms with E-state index in [-0.39, 0.29) is 19.0 Å². The van der Waals surface area contributed by atoms with Crippen LogP contribution in [0.15, 0.2) is 53.4 Å². The maximum absolute atomic E-state index is 13.5. The number of amides is 1. The minimum atomic E-state index is -0.445. The molecule has 0 aliphatic rings. The van der Waals surface area contributed by atoms with E-state index in [1.165, 1.54) is 17.8 Å². The van der Waals surface area contributed by atoms with E-state index in [0.717, 1.165) is 10.5 Å². The molecule has 0 radical (unpaired) electrons. The topological polar surface area (TPSA) is 55.4 Å². The number of aryl methyl sites for hydroxylation is 1. The Morgan fingerprint density at radius 3 is 2.54 bits per heavy atom. The lowest BCUT2D eigenvalue weighted by atomic mass is 10.1. The number of carbonyl (C=O) groups excluding carboxylic acids is 2. The number of carbonyl (C=O) groups is 2. The number of benzene rings is 2. The summed E-state index contributed by atoms with van der Waals surface area (Å²) in [6.45, 7) is 3.68. The monoisotopic (exact) mass is 375 g/mol. The highest BCUT2D eigenvalue weighted by molar-refractivity contribution is 8.00. The number of halogens is 1. The van der Waals surface area contributed by atoms with Crippen molar-refractivity contribution >= 4 is 23.6 Å². The SMILES string of the molecule is Cc1ccc(S[C@@H](C)C(=O)OCC(=O)NCCc2ccccc2F)cc1. The third-order valence-electron chi connectivity index (χ3n) is 3.69. The van der Waals surface area contributed by atoms with Crippen LogP contribution >= 0.6 is 11.8 Å². The Kier molecular flexibility index (Phi) is 7.66. The molecule has 0 aliphatic heterocycles. The van der Waals surface area contributed by atoms with Crippen LogP contribution in [0.25, 0.3) is 0 Å². The summed E-state index contributed by atoms with van der Waals surface area (Å²) in [7, 11) is 0. The smallest absolute Gasteiger partial charge is 0.319 e. The predicted molar refractivity (Wildman–Crippen MR) is 101 cm³/mol. The summed E-state index contributed by atoms with van der Waals surface area (Å²) >= 11 is 1.38.